The number of phenolic OH excluding ortho intramolecular Hbond substituents is 1. The normalized spacial score (nSPS) is 11.3. The van der Waals surface area contributed by atoms with Crippen LogP contribution in [0.25, 0.3) is 0 Å². The highest BCUT2D eigenvalue weighted by Crippen LogP contribution is 2.16. The summed E-state index contributed by atoms with van der Waals surface area (Å²) in [5, 5.41) is 13.5. The van der Waals surface area contributed by atoms with E-state index in [1.807, 2.05) is 0 Å². The van der Waals surface area contributed by atoms with Gasteiger partial charge >= 0.3 is 5.91 Å². The van der Waals surface area contributed by atoms with Gasteiger partial charge in [-0.25, -0.2) is 5.43 Å². The van der Waals surface area contributed by atoms with Gasteiger partial charge in [-0.05, 0) is 31.2 Å². The van der Waals surface area contributed by atoms with Gasteiger partial charge in [-0.2, -0.15) is 5.10 Å². The summed E-state index contributed by atoms with van der Waals surface area (Å²) in [6, 6.07) is 9.93. The number of hydrogen-bond acceptors (Lipinski definition) is 4. The van der Waals surface area contributed by atoms with Crippen LogP contribution in [-0.2, 0) is 0 Å². The van der Waals surface area contributed by atoms with Crippen LogP contribution in [0, 0.1) is 0 Å². The zero-order chi connectivity index (χ0) is 13.0. The third-order valence-electron chi connectivity index (χ3n) is 2.36. The molecule has 2 rings (SSSR count). The molecule has 0 radical (unpaired) electrons. The van der Waals surface area contributed by atoms with Crippen LogP contribution in [0.1, 0.15) is 23.0 Å². The van der Waals surface area contributed by atoms with Crippen molar-refractivity contribution >= 4 is 11.6 Å². The maximum atomic E-state index is 11.6. The van der Waals surface area contributed by atoms with Crippen LogP contribution >= 0.6 is 0 Å². The Morgan fingerprint density at radius 1 is 1.28 bits per heavy atom. The maximum absolute atomic E-state index is 11.6. The number of hydrazone groups is 1. The number of carbonyl (C=O) groups excluding carboxylic acids is 1. The molecule has 0 aliphatic carbocycles. The van der Waals surface area contributed by atoms with Gasteiger partial charge in [0, 0.05) is 5.56 Å². The summed E-state index contributed by atoms with van der Waals surface area (Å²) in [4.78, 5) is 11.6. The van der Waals surface area contributed by atoms with Crippen molar-refractivity contribution < 1.29 is 14.3 Å². The molecule has 92 valence electrons. The molecule has 1 amide bonds. The number of nitrogens with zero attached hydrogens (tertiary/aromatic N) is 1. The third kappa shape index (κ3) is 2.57. The maximum Gasteiger partial charge on any atom is 0.307 e. The van der Waals surface area contributed by atoms with E-state index in [0.717, 1.165) is 0 Å². The van der Waals surface area contributed by atoms with Crippen molar-refractivity contribution in [1.29, 1.82) is 0 Å². The molecule has 0 aliphatic rings. The molecule has 0 bridgehead atoms. The van der Waals surface area contributed by atoms with E-state index in [-0.39, 0.29) is 11.5 Å². The predicted molar refractivity (Wildman–Crippen MR) is 66.5 cm³/mol. The topological polar surface area (TPSA) is 74.8 Å². The van der Waals surface area contributed by atoms with E-state index in [1.165, 1.54) is 6.26 Å². The zero-order valence-corrected chi connectivity index (χ0v) is 9.75. The Hall–Kier alpha value is -2.56. The number of nitrogens with one attached hydrogen (secondary N) is 1. The van der Waals surface area contributed by atoms with Crippen LogP contribution < -0.4 is 5.43 Å². The van der Waals surface area contributed by atoms with Gasteiger partial charge in [0.25, 0.3) is 0 Å². The van der Waals surface area contributed by atoms with Crippen molar-refractivity contribution in [3.05, 3.63) is 54.0 Å². The summed E-state index contributed by atoms with van der Waals surface area (Å²) >= 11 is 0. The molecule has 5 nitrogen and oxygen atoms in total. The van der Waals surface area contributed by atoms with Crippen LogP contribution in [0.15, 0.2) is 52.2 Å². The number of amides is 1. The molecule has 0 atom stereocenters. The number of hydrogen-bond donors (Lipinski definition) is 2. The molecule has 0 saturated heterocycles. The average molecular weight is 244 g/mol. The van der Waals surface area contributed by atoms with Gasteiger partial charge in [-0.3, -0.25) is 4.79 Å². The Kier molecular flexibility index (Phi) is 3.43. The summed E-state index contributed by atoms with van der Waals surface area (Å²) in [7, 11) is 0. The summed E-state index contributed by atoms with van der Waals surface area (Å²) in [6.45, 7) is 1.69. The predicted octanol–water partition coefficient (Wildman–Crippen LogP) is 2.14. The van der Waals surface area contributed by atoms with E-state index in [9.17, 15) is 9.90 Å². The van der Waals surface area contributed by atoms with E-state index >= 15 is 0 Å². The molecular weight excluding hydrogens is 232 g/mol. The largest absolute Gasteiger partial charge is 0.507 e. The van der Waals surface area contributed by atoms with Crippen LogP contribution in [0.3, 0.4) is 0 Å². The number of rotatable bonds is 3. The summed E-state index contributed by atoms with van der Waals surface area (Å²) < 4.78 is 4.93. The molecule has 0 spiro atoms. The van der Waals surface area contributed by atoms with Crippen molar-refractivity contribution in [3.8, 4) is 5.75 Å². The SMILES string of the molecule is C/C(=N/NC(=O)c1ccco1)c1ccccc1O. The third-order valence-corrected chi connectivity index (χ3v) is 2.36. The van der Waals surface area contributed by atoms with Crippen LogP contribution in [0.2, 0.25) is 0 Å². The molecule has 2 aromatic rings. The van der Waals surface area contributed by atoms with Gasteiger partial charge in [0.2, 0.25) is 0 Å². The monoisotopic (exact) mass is 244 g/mol. The molecule has 0 saturated carbocycles. The highest BCUT2D eigenvalue weighted by Gasteiger charge is 2.08. The van der Waals surface area contributed by atoms with E-state index in [0.29, 0.717) is 11.3 Å². The molecule has 1 heterocycles. The van der Waals surface area contributed by atoms with Crippen molar-refractivity contribution in [1.82, 2.24) is 5.43 Å². The van der Waals surface area contributed by atoms with Gasteiger partial charge in [0.15, 0.2) is 5.76 Å². The van der Waals surface area contributed by atoms with Crippen molar-refractivity contribution in [2.24, 2.45) is 5.10 Å². The fraction of sp³-hybridized carbons (Fsp3) is 0.0769. The molecule has 1 aromatic heterocycles. The molecule has 1 aromatic carbocycles. The minimum Gasteiger partial charge on any atom is -0.507 e. The number of para-hydroxylation sites is 1. The Balaban J connectivity index is 2.11. The van der Waals surface area contributed by atoms with Gasteiger partial charge in [0.1, 0.15) is 5.75 Å². The lowest BCUT2D eigenvalue weighted by Gasteiger charge is -2.03. The second-order valence-electron chi connectivity index (χ2n) is 3.63. The lowest BCUT2D eigenvalue weighted by molar-refractivity contribution is 0.0927. The summed E-state index contributed by atoms with van der Waals surface area (Å²) in [6.07, 6.45) is 1.41. The highest BCUT2D eigenvalue weighted by atomic mass is 16.3. The molecule has 18 heavy (non-hydrogen) atoms. The first kappa shape index (κ1) is 11.9. The molecule has 2 N–H and O–H groups in total. The van der Waals surface area contributed by atoms with Crippen LogP contribution in [-0.4, -0.2) is 16.7 Å². The quantitative estimate of drug-likeness (QED) is 0.641. The molecule has 0 aliphatic heterocycles. The number of carbonyl (C=O) groups is 1. The zero-order valence-electron chi connectivity index (χ0n) is 9.75. The van der Waals surface area contributed by atoms with Gasteiger partial charge in [0.05, 0.1) is 12.0 Å². The minimum atomic E-state index is -0.435. The van der Waals surface area contributed by atoms with E-state index in [2.05, 4.69) is 10.5 Å². The summed E-state index contributed by atoms with van der Waals surface area (Å²) in [5.74, 6) is -0.135. The van der Waals surface area contributed by atoms with Crippen LogP contribution in [0.4, 0.5) is 0 Å². The molecule has 5 heteroatoms. The second kappa shape index (κ2) is 5.18. The Morgan fingerprint density at radius 3 is 2.72 bits per heavy atom. The van der Waals surface area contributed by atoms with Crippen LogP contribution in [0.5, 0.6) is 5.75 Å². The number of aromatic hydroxyl groups is 1. The van der Waals surface area contributed by atoms with Crippen molar-refractivity contribution in [2.45, 2.75) is 6.92 Å². The van der Waals surface area contributed by atoms with Gasteiger partial charge in [-0.1, -0.05) is 12.1 Å². The second-order valence-corrected chi connectivity index (χ2v) is 3.63. The Bertz CT molecular complexity index is 574. The lowest BCUT2D eigenvalue weighted by atomic mass is 10.1. The fourth-order valence-corrected chi connectivity index (χ4v) is 1.44. The Morgan fingerprint density at radius 2 is 2.06 bits per heavy atom. The molecule has 0 fully saturated rings. The van der Waals surface area contributed by atoms with Gasteiger partial charge < -0.3 is 9.52 Å². The lowest BCUT2D eigenvalue weighted by Crippen LogP contribution is -2.18. The van der Waals surface area contributed by atoms with Gasteiger partial charge in [-0.15, -0.1) is 0 Å². The summed E-state index contributed by atoms with van der Waals surface area (Å²) in [5.41, 5.74) is 3.43. The first-order valence-electron chi connectivity index (χ1n) is 5.35. The standard InChI is InChI=1S/C13H12N2O3/c1-9(10-5-2-3-6-11(10)16)14-15-13(17)12-7-4-8-18-12/h2-8,16H,1H3,(H,15,17)/b14-9-. The van der Waals surface area contributed by atoms with E-state index in [4.69, 9.17) is 4.42 Å². The van der Waals surface area contributed by atoms with E-state index in [1.54, 1.807) is 43.3 Å². The highest BCUT2D eigenvalue weighted by molar-refractivity contribution is 6.02. The van der Waals surface area contributed by atoms with Crippen molar-refractivity contribution in [3.63, 3.8) is 0 Å². The smallest absolute Gasteiger partial charge is 0.307 e. The minimum absolute atomic E-state index is 0.117. The first-order chi connectivity index (χ1) is 8.68. The Labute approximate surface area is 104 Å². The molecule has 0 unspecified atom stereocenters. The van der Waals surface area contributed by atoms with Crippen molar-refractivity contribution in [2.75, 3.05) is 0 Å². The number of phenols is 1. The number of benzene rings is 1. The first-order valence-corrected chi connectivity index (χ1v) is 5.35. The van der Waals surface area contributed by atoms with E-state index < -0.39 is 5.91 Å². The average Bonchev–Trinajstić information content (AvgIpc) is 2.90. The molecular formula is C13H12N2O3. The fourth-order valence-electron chi connectivity index (χ4n) is 1.44. The number of furan rings is 1.